The zero-order chi connectivity index (χ0) is 22.1. The Balaban J connectivity index is 1.49. The molecule has 9 heteroatoms. The van der Waals surface area contributed by atoms with Crippen LogP contribution in [0.4, 0.5) is 14.9 Å². The van der Waals surface area contributed by atoms with Crippen LogP contribution in [0.5, 0.6) is 0 Å². The first-order chi connectivity index (χ1) is 14.8. The van der Waals surface area contributed by atoms with Crippen LogP contribution in [0.15, 0.2) is 36.4 Å². The molecule has 0 radical (unpaired) electrons. The molecule has 1 aliphatic carbocycles. The molecule has 1 aliphatic heterocycles. The second-order valence-corrected chi connectivity index (χ2v) is 8.01. The molecular weight excluding hydrogens is 425 g/mol. The normalized spacial score (nSPS) is 19.5. The largest absolute Gasteiger partial charge is 0.425 e. The molecule has 162 valence electrons. The fourth-order valence-electron chi connectivity index (χ4n) is 4.03. The Kier molecular flexibility index (Phi) is 5.82. The number of rotatable bonds is 4. The Morgan fingerprint density at radius 1 is 1.23 bits per heavy atom. The van der Waals surface area contributed by atoms with Gasteiger partial charge >= 0.3 is 6.09 Å². The minimum atomic E-state index is -0.608. The minimum Gasteiger partial charge on any atom is -0.425 e. The van der Waals surface area contributed by atoms with Crippen molar-refractivity contribution >= 4 is 35.2 Å². The van der Waals surface area contributed by atoms with Crippen LogP contribution in [-0.2, 0) is 16.0 Å². The van der Waals surface area contributed by atoms with Gasteiger partial charge in [-0.15, -0.1) is 0 Å². The van der Waals surface area contributed by atoms with Gasteiger partial charge in [-0.1, -0.05) is 23.7 Å². The highest BCUT2D eigenvalue weighted by Gasteiger charge is 2.34. The summed E-state index contributed by atoms with van der Waals surface area (Å²) in [6.07, 6.45) is 0.919. The molecule has 0 saturated carbocycles. The molecule has 4 rings (SSSR count). The summed E-state index contributed by atoms with van der Waals surface area (Å²) in [7, 11) is 1.64. The Morgan fingerprint density at radius 3 is 2.74 bits per heavy atom. The number of nitrogens with zero attached hydrogens (tertiary/aromatic N) is 1. The summed E-state index contributed by atoms with van der Waals surface area (Å²) in [6, 6.07) is 9.11. The van der Waals surface area contributed by atoms with Crippen molar-refractivity contribution in [3.8, 4) is 0 Å². The van der Waals surface area contributed by atoms with E-state index in [1.807, 2.05) is 6.07 Å². The predicted octanol–water partition coefficient (Wildman–Crippen LogP) is 4.02. The van der Waals surface area contributed by atoms with E-state index in [0.29, 0.717) is 36.9 Å². The number of halogens is 2. The van der Waals surface area contributed by atoms with Gasteiger partial charge in [-0.2, -0.15) is 0 Å². The molecule has 0 spiro atoms. The standard InChI is InChI=1S/C22H21ClFN3O4/c1-27(22(30)31-20-10-9-19(28)26-20)18-8-6-13-14(18)3-2-4-15(13)21(29)25-12-5-7-17(24)16(23)11-12/h2-5,7,11,18,20H,6,8-10H2,1H3,(H,25,29)(H,26,28)/t18-,20-/m0/s1. The lowest BCUT2D eigenvalue weighted by Gasteiger charge is -2.26. The molecular formula is C22H21ClFN3O4. The number of carbonyl (C=O) groups is 3. The summed E-state index contributed by atoms with van der Waals surface area (Å²) in [5.74, 6) is -1.03. The van der Waals surface area contributed by atoms with Gasteiger partial charge in [0.05, 0.1) is 11.1 Å². The third kappa shape index (κ3) is 4.34. The van der Waals surface area contributed by atoms with E-state index in [2.05, 4.69) is 10.6 Å². The smallest absolute Gasteiger partial charge is 0.411 e. The molecule has 1 fully saturated rings. The zero-order valence-corrected chi connectivity index (χ0v) is 17.5. The minimum absolute atomic E-state index is 0.0743. The van der Waals surface area contributed by atoms with Gasteiger partial charge in [0, 0.05) is 31.1 Å². The van der Waals surface area contributed by atoms with Crippen molar-refractivity contribution in [2.75, 3.05) is 12.4 Å². The van der Waals surface area contributed by atoms with Crippen LogP contribution >= 0.6 is 11.6 Å². The Bertz CT molecular complexity index is 1060. The second kappa shape index (κ2) is 8.55. The quantitative estimate of drug-likeness (QED) is 0.744. The van der Waals surface area contributed by atoms with Gasteiger partial charge in [-0.3, -0.25) is 9.59 Å². The van der Waals surface area contributed by atoms with Crippen molar-refractivity contribution in [3.63, 3.8) is 0 Å². The van der Waals surface area contributed by atoms with E-state index in [0.717, 1.165) is 11.1 Å². The van der Waals surface area contributed by atoms with Crippen molar-refractivity contribution in [2.45, 2.75) is 38.0 Å². The first kappa shape index (κ1) is 21.1. The summed E-state index contributed by atoms with van der Waals surface area (Å²) in [4.78, 5) is 38.2. The number of hydrogen-bond donors (Lipinski definition) is 2. The molecule has 2 atom stereocenters. The van der Waals surface area contributed by atoms with Crippen molar-refractivity contribution in [2.24, 2.45) is 0 Å². The Morgan fingerprint density at radius 2 is 2.03 bits per heavy atom. The van der Waals surface area contributed by atoms with Gasteiger partial charge in [0.2, 0.25) is 5.91 Å². The number of carbonyl (C=O) groups excluding carboxylic acids is 3. The van der Waals surface area contributed by atoms with E-state index in [-0.39, 0.29) is 22.9 Å². The fourth-order valence-corrected chi connectivity index (χ4v) is 4.21. The number of benzene rings is 2. The lowest BCUT2D eigenvalue weighted by atomic mass is 10.0. The summed E-state index contributed by atoms with van der Waals surface area (Å²) in [6.45, 7) is 0. The van der Waals surface area contributed by atoms with Crippen molar-refractivity contribution in [3.05, 3.63) is 63.9 Å². The summed E-state index contributed by atoms with van der Waals surface area (Å²) < 4.78 is 18.7. The fraction of sp³-hybridized carbons (Fsp3) is 0.318. The maximum Gasteiger partial charge on any atom is 0.411 e. The van der Waals surface area contributed by atoms with Crippen molar-refractivity contribution in [1.82, 2.24) is 10.2 Å². The number of fused-ring (bicyclic) bond motifs is 1. The highest BCUT2D eigenvalue weighted by molar-refractivity contribution is 6.31. The molecule has 3 amide bonds. The highest BCUT2D eigenvalue weighted by Crippen LogP contribution is 2.37. The van der Waals surface area contributed by atoms with Crippen LogP contribution in [0.2, 0.25) is 5.02 Å². The van der Waals surface area contributed by atoms with E-state index in [4.69, 9.17) is 16.3 Å². The van der Waals surface area contributed by atoms with Gasteiger partial charge in [-0.05, 0) is 48.2 Å². The van der Waals surface area contributed by atoms with E-state index in [1.165, 1.54) is 23.1 Å². The zero-order valence-electron chi connectivity index (χ0n) is 16.8. The van der Waals surface area contributed by atoms with Crippen molar-refractivity contribution < 1.29 is 23.5 Å². The number of ether oxygens (including phenoxy) is 1. The maximum atomic E-state index is 13.4. The van der Waals surface area contributed by atoms with Gasteiger partial charge < -0.3 is 20.3 Å². The molecule has 0 bridgehead atoms. The highest BCUT2D eigenvalue weighted by atomic mass is 35.5. The van der Waals surface area contributed by atoms with Crippen LogP contribution in [0, 0.1) is 5.82 Å². The van der Waals surface area contributed by atoms with Crippen LogP contribution in [0.1, 0.15) is 46.8 Å². The van der Waals surface area contributed by atoms with Gasteiger partial charge in [0.1, 0.15) is 5.82 Å². The first-order valence-electron chi connectivity index (χ1n) is 9.94. The topological polar surface area (TPSA) is 87.7 Å². The second-order valence-electron chi connectivity index (χ2n) is 7.60. The van der Waals surface area contributed by atoms with Crippen LogP contribution in [0.25, 0.3) is 0 Å². The number of nitrogens with one attached hydrogen (secondary N) is 2. The average molecular weight is 446 g/mol. The molecule has 2 aromatic rings. The average Bonchev–Trinajstić information content (AvgIpc) is 3.35. The first-order valence-corrected chi connectivity index (χ1v) is 10.3. The van der Waals surface area contributed by atoms with E-state index in [9.17, 15) is 18.8 Å². The lowest BCUT2D eigenvalue weighted by Crippen LogP contribution is -2.37. The molecule has 2 aliphatic rings. The molecule has 0 unspecified atom stereocenters. The predicted molar refractivity (Wildman–Crippen MR) is 112 cm³/mol. The van der Waals surface area contributed by atoms with E-state index < -0.39 is 18.1 Å². The Labute approximate surface area is 183 Å². The molecule has 1 heterocycles. The van der Waals surface area contributed by atoms with Gasteiger partial charge in [0.15, 0.2) is 6.23 Å². The lowest BCUT2D eigenvalue weighted by molar-refractivity contribution is -0.120. The van der Waals surface area contributed by atoms with Gasteiger partial charge in [-0.25, -0.2) is 9.18 Å². The number of hydrogen-bond acceptors (Lipinski definition) is 4. The molecule has 2 aromatic carbocycles. The SMILES string of the molecule is CN(C(=O)O[C@H]1CCC(=O)N1)[C@H]1CCc2c(C(=O)Nc3ccc(F)c(Cl)c3)cccc21. The molecule has 2 N–H and O–H groups in total. The molecule has 7 nitrogen and oxygen atoms in total. The summed E-state index contributed by atoms with van der Waals surface area (Å²) in [5, 5.41) is 5.27. The molecule has 1 saturated heterocycles. The van der Waals surface area contributed by atoms with Crippen molar-refractivity contribution in [1.29, 1.82) is 0 Å². The summed E-state index contributed by atoms with van der Waals surface area (Å²) >= 11 is 5.79. The third-order valence-corrected chi connectivity index (χ3v) is 5.90. The van der Waals surface area contributed by atoms with Crippen LogP contribution < -0.4 is 10.6 Å². The van der Waals surface area contributed by atoms with Crippen LogP contribution in [0.3, 0.4) is 0 Å². The van der Waals surface area contributed by atoms with E-state index >= 15 is 0 Å². The summed E-state index contributed by atoms with van der Waals surface area (Å²) in [5.41, 5.74) is 2.61. The Hall–Kier alpha value is -3.13. The monoisotopic (exact) mass is 445 g/mol. The number of amides is 3. The van der Waals surface area contributed by atoms with Crippen LogP contribution in [-0.4, -0.2) is 36.1 Å². The number of anilines is 1. The van der Waals surface area contributed by atoms with E-state index in [1.54, 1.807) is 19.2 Å². The maximum absolute atomic E-state index is 13.4. The van der Waals surface area contributed by atoms with Gasteiger partial charge in [0.25, 0.3) is 5.91 Å². The third-order valence-electron chi connectivity index (χ3n) is 5.62. The molecule has 0 aromatic heterocycles. The molecule has 31 heavy (non-hydrogen) atoms.